The van der Waals surface area contributed by atoms with Crippen molar-refractivity contribution in [3.05, 3.63) is 53.6 Å². The average molecular weight is 447 g/mol. The van der Waals surface area contributed by atoms with Gasteiger partial charge in [-0.3, -0.25) is 9.10 Å². The van der Waals surface area contributed by atoms with Gasteiger partial charge in [0.25, 0.3) is 0 Å². The maximum atomic E-state index is 13.2. The summed E-state index contributed by atoms with van der Waals surface area (Å²) in [6.07, 6.45) is 1.66. The lowest BCUT2D eigenvalue weighted by Gasteiger charge is -2.39. The smallest absolute Gasteiger partial charge is 0.244 e. The Kier molecular flexibility index (Phi) is 6.23. The van der Waals surface area contributed by atoms with Crippen molar-refractivity contribution in [3.63, 3.8) is 0 Å². The number of sulfonamides is 1. The fourth-order valence-corrected chi connectivity index (χ4v) is 5.10. The zero-order valence-electron chi connectivity index (χ0n) is 18.8. The van der Waals surface area contributed by atoms with Crippen molar-refractivity contribution in [3.8, 4) is 11.5 Å². The molecule has 1 N–H and O–H groups in total. The molecule has 2 aromatic rings. The summed E-state index contributed by atoms with van der Waals surface area (Å²) in [6.45, 7) is 7.51. The molecule has 1 aliphatic rings. The predicted octanol–water partition coefficient (Wildman–Crippen LogP) is 3.58. The second-order valence-corrected chi connectivity index (χ2v) is 10.5. The molecule has 2 unspecified atom stereocenters. The quantitative estimate of drug-likeness (QED) is 0.733. The van der Waals surface area contributed by atoms with Gasteiger partial charge in [-0.05, 0) is 51.5 Å². The molecule has 168 valence electrons. The monoisotopic (exact) mass is 446 g/mol. The molecule has 0 aromatic heterocycles. The van der Waals surface area contributed by atoms with Crippen molar-refractivity contribution < 1.29 is 22.7 Å². The van der Waals surface area contributed by atoms with Gasteiger partial charge in [-0.1, -0.05) is 18.2 Å². The molecule has 0 bridgehead atoms. The first kappa shape index (κ1) is 22.9. The summed E-state index contributed by atoms with van der Waals surface area (Å²) in [5.74, 6) is 0.860. The highest BCUT2D eigenvalue weighted by atomic mass is 32.2. The Morgan fingerprint density at radius 3 is 2.61 bits per heavy atom. The number of rotatable bonds is 6. The molecule has 2 atom stereocenters. The van der Waals surface area contributed by atoms with Gasteiger partial charge in [0.2, 0.25) is 15.9 Å². The zero-order valence-corrected chi connectivity index (χ0v) is 19.6. The van der Waals surface area contributed by atoms with Crippen molar-refractivity contribution in [2.24, 2.45) is 0 Å². The van der Waals surface area contributed by atoms with Gasteiger partial charge in [-0.2, -0.15) is 0 Å². The maximum Gasteiger partial charge on any atom is 0.244 e. The van der Waals surface area contributed by atoms with Gasteiger partial charge < -0.3 is 14.8 Å². The van der Waals surface area contributed by atoms with Crippen LogP contribution in [0.4, 0.5) is 5.69 Å². The third-order valence-electron chi connectivity index (χ3n) is 5.34. The van der Waals surface area contributed by atoms with Crippen LogP contribution in [0.2, 0.25) is 0 Å². The van der Waals surface area contributed by atoms with Crippen LogP contribution in [0.1, 0.15) is 44.4 Å². The van der Waals surface area contributed by atoms with E-state index in [2.05, 4.69) is 5.32 Å². The van der Waals surface area contributed by atoms with Gasteiger partial charge in [-0.15, -0.1) is 0 Å². The van der Waals surface area contributed by atoms with Crippen LogP contribution in [-0.2, 0) is 14.8 Å². The highest BCUT2D eigenvalue weighted by Gasteiger charge is 2.37. The molecule has 31 heavy (non-hydrogen) atoms. The molecule has 0 aliphatic carbocycles. The molecule has 1 heterocycles. The van der Waals surface area contributed by atoms with Gasteiger partial charge in [-0.25, -0.2) is 8.42 Å². The van der Waals surface area contributed by atoms with Crippen LogP contribution in [0.5, 0.6) is 11.5 Å². The number of hydrogen-bond acceptors (Lipinski definition) is 5. The number of aryl methyl sites for hydroxylation is 1. The van der Waals surface area contributed by atoms with E-state index in [1.54, 1.807) is 31.2 Å². The number of carbonyl (C=O) groups excluding carboxylic acids is 1. The second kappa shape index (κ2) is 8.42. The number of anilines is 1. The predicted molar refractivity (Wildman–Crippen MR) is 121 cm³/mol. The Hall–Kier alpha value is -2.74. The Balaban J connectivity index is 1.91. The molecule has 1 amide bonds. The Morgan fingerprint density at radius 1 is 1.26 bits per heavy atom. The molecule has 1 aliphatic heterocycles. The average Bonchev–Trinajstić information content (AvgIpc) is 2.65. The SMILES string of the molecule is COc1cccc(N(C(C)C(=O)NC2CC(C)(C)Oc3cc(C)ccc32)S(C)(=O)=O)c1. The molecule has 2 aromatic carbocycles. The number of nitrogens with one attached hydrogen (secondary N) is 1. The number of nitrogens with zero attached hydrogens (tertiary/aromatic N) is 1. The van der Waals surface area contributed by atoms with Crippen LogP contribution < -0.4 is 19.1 Å². The number of amides is 1. The van der Waals surface area contributed by atoms with Gasteiger partial charge in [0.05, 0.1) is 25.1 Å². The lowest BCUT2D eigenvalue weighted by molar-refractivity contribution is -0.123. The molecular formula is C23H30N2O5S. The number of fused-ring (bicyclic) bond motifs is 1. The summed E-state index contributed by atoms with van der Waals surface area (Å²) in [4.78, 5) is 13.2. The number of benzene rings is 2. The van der Waals surface area contributed by atoms with Crippen molar-refractivity contribution in [2.45, 2.75) is 51.8 Å². The van der Waals surface area contributed by atoms with Crippen molar-refractivity contribution >= 4 is 21.6 Å². The first-order valence-corrected chi connectivity index (χ1v) is 12.0. The first-order valence-electron chi connectivity index (χ1n) is 10.1. The van der Waals surface area contributed by atoms with E-state index in [4.69, 9.17) is 9.47 Å². The second-order valence-electron chi connectivity index (χ2n) is 8.60. The number of carbonyl (C=O) groups is 1. The van der Waals surface area contributed by atoms with E-state index in [-0.39, 0.29) is 11.9 Å². The molecule has 0 fully saturated rings. The van der Waals surface area contributed by atoms with Crippen molar-refractivity contribution in [1.82, 2.24) is 5.32 Å². The minimum absolute atomic E-state index is 0.291. The van der Waals surface area contributed by atoms with E-state index in [9.17, 15) is 13.2 Å². The first-order chi connectivity index (χ1) is 14.4. The molecule has 7 nitrogen and oxygen atoms in total. The molecule has 0 spiro atoms. The van der Waals surface area contributed by atoms with E-state index in [0.717, 1.165) is 27.4 Å². The van der Waals surface area contributed by atoms with E-state index in [1.165, 1.54) is 7.11 Å². The molecule has 0 saturated heterocycles. The van der Waals surface area contributed by atoms with E-state index in [1.807, 2.05) is 39.0 Å². The molecular weight excluding hydrogens is 416 g/mol. The third kappa shape index (κ3) is 5.12. The van der Waals surface area contributed by atoms with E-state index in [0.29, 0.717) is 17.9 Å². The summed E-state index contributed by atoms with van der Waals surface area (Å²) >= 11 is 0. The molecule has 0 radical (unpaired) electrons. The standard InChI is InChI=1S/C23H30N2O5S/c1-15-10-11-19-20(14-23(3,4)30-21(19)12-15)24-22(26)16(2)25(31(6,27)28)17-8-7-9-18(13-17)29-5/h7-13,16,20H,14H2,1-6H3,(H,24,26). The normalized spacial score (nSPS) is 18.3. The van der Waals surface area contributed by atoms with Gasteiger partial charge in [0, 0.05) is 18.1 Å². The van der Waals surface area contributed by atoms with E-state index < -0.39 is 21.7 Å². The molecule has 3 rings (SSSR count). The summed E-state index contributed by atoms with van der Waals surface area (Å²) in [5, 5.41) is 3.04. The maximum absolute atomic E-state index is 13.2. The van der Waals surface area contributed by atoms with Gasteiger partial charge in [0.15, 0.2) is 0 Å². The molecule has 0 saturated carbocycles. The number of methoxy groups -OCH3 is 1. The molecule has 8 heteroatoms. The minimum Gasteiger partial charge on any atom is -0.497 e. The lowest BCUT2D eigenvalue weighted by Crippen LogP contribution is -2.50. The van der Waals surface area contributed by atoms with Crippen molar-refractivity contribution in [1.29, 1.82) is 0 Å². The van der Waals surface area contributed by atoms with Crippen LogP contribution in [0.3, 0.4) is 0 Å². The topological polar surface area (TPSA) is 84.9 Å². The highest BCUT2D eigenvalue weighted by Crippen LogP contribution is 2.40. The fourth-order valence-electron chi connectivity index (χ4n) is 3.94. The zero-order chi connectivity index (χ0) is 23.0. The Morgan fingerprint density at radius 2 is 1.97 bits per heavy atom. The minimum atomic E-state index is -3.72. The Labute approximate surface area is 184 Å². The van der Waals surface area contributed by atoms with Gasteiger partial charge >= 0.3 is 0 Å². The Bertz CT molecular complexity index is 1080. The van der Waals surface area contributed by atoms with E-state index >= 15 is 0 Å². The largest absolute Gasteiger partial charge is 0.497 e. The lowest BCUT2D eigenvalue weighted by atomic mass is 9.89. The third-order valence-corrected chi connectivity index (χ3v) is 6.58. The van der Waals surface area contributed by atoms with Crippen LogP contribution >= 0.6 is 0 Å². The van der Waals surface area contributed by atoms with Crippen LogP contribution in [0.25, 0.3) is 0 Å². The van der Waals surface area contributed by atoms with Crippen LogP contribution in [-0.4, -0.2) is 39.3 Å². The fraction of sp³-hybridized carbons (Fsp3) is 0.435. The van der Waals surface area contributed by atoms with Crippen LogP contribution in [0.15, 0.2) is 42.5 Å². The summed E-state index contributed by atoms with van der Waals surface area (Å²) in [6, 6.07) is 11.3. The number of ether oxygens (including phenoxy) is 2. The van der Waals surface area contributed by atoms with Crippen LogP contribution in [0, 0.1) is 6.92 Å². The highest BCUT2D eigenvalue weighted by molar-refractivity contribution is 7.92. The van der Waals surface area contributed by atoms with Crippen molar-refractivity contribution in [2.75, 3.05) is 17.7 Å². The summed E-state index contributed by atoms with van der Waals surface area (Å²) in [7, 11) is -2.22. The summed E-state index contributed by atoms with van der Waals surface area (Å²) < 4.78 is 37.6. The summed E-state index contributed by atoms with van der Waals surface area (Å²) in [5.41, 5.74) is 1.85. The van der Waals surface area contributed by atoms with Gasteiger partial charge in [0.1, 0.15) is 23.1 Å². The number of hydrogen-bond donors (Lipinski definition) is 1.